The summed E-state index contributed by atoms with van der Waals surface area (Å²) in [4.78, 5) is 17.8. The van der Waals surface area contributed by atoms with Crippen molar-refractivity contribution in [3.63, 3.8) is 0 Å². The van der Waals surface area contributed by atoms with Gasteiger partial charge in [-0.25, -0.2) is 8.42 Å². The zero-order valence-electron chi connectivity index (χ0n) is 21.4. The van der Waals surface area contributed by atoms with Gasteiger partial charge in [-0.1, -0.05) is 67.6 Å². The van der Waals surface area contributed by atoms with E-state index < -0.39 is 10.0 Å². The van der Waals surface area contributed by atoms with Crippen LogP contribution in [0.4, 0.5) is 0 Å². The average molecular weight is 518 g/mol. The van der Waals surface area contributed by atoms with Gasteiger partial charge in [0.15, 0.2) is 0 Å². The number of benzene rings is 3. The minimum Gasteiger partial charge on any atom is -0.336 e. The fraction of sp³-hybridized carbons (Fsp3) is 0.367. The predicted octanol–water partition coefficient (Wildman–Crippen LogP) is 4.65. The van der Waals surface area contributed by atoms with E-state index in [0.717, 1.165) is 25.9 Å². The van der Waals surface area contributed by atoms with Crippen molar-refractivity contribution in [2.75, 3.05) is 39.3 Å². The zero-order chi connectivity index (χ0) is 25.8. The van der Waals surface area contributed by atoms with Gasteiger partial charge in [0.1, 0.15) is 0 Å². The quantitative estimate of drug-likeness (QED) is 0.477. The molecule has 5 rings (SSSR count). The SMILES string of the molecule is CC1CCN(S(=O)(=O)c2ccc(C(=O)N3CCN(C(c4ccccc4)c4ccccc4)CC3)cc2)CC1. The lowest BCUT2D eigenvalue weighted by Crippen LogP contribution is -2.49. The van der Waals surface area contributed by atoms with E-state index in [1.165, 1.54) is 11.1 Å². The van der Waals surface area contributed by atoms with Crippen LogP contribution in [0, 0.1) is 5.92 Å². The molecule has 2 heterocycles. The van der Waals surface area contributed by atoms with Crippen molar-refractivity contribution in [3.05, 3.63) is 102 Å². The van der Waals surface area contributed by atoms with Crippen molar-refractivity contribution in [3.8, 4) is 0 Å². The van der Waals surface area contributed by atoms with Crippen molar-refractivity contribution in [1.29, 1.82) is 0 Å². The molecule has 0 bridgehead atoms. The molecule has 2 aliphatic heterocycles. The second kappa shape index (κ2) is 11.2. The summed E-state index contributed by atoms with van der Waals surface area (Å²) in [5.41, 5.74) is 3.02. The first kappa shape index (κ1) is 25.6. The van der Waals surface area contributed by atoms with Crippen LogP contribution in [0.25, 0.3) is 0 Å². The molecule has 37 heavy (non-hydrogen) atoms. The van der Waals surface area contributed by atoms with Crippen molar-refractivity contribution in [1.82, 2.24) is 14.1 Å². The van der Waals surface area contributed by atoms with Crippen LogP contribution in [0.2, 0.25) is 0 Å². The molecule has 7 heteroatoms. The van der Waals surface area contributed by atoms with Crippen molar-refractivity contribution >= 4 is 15.9 Å². The summed E-state index contributed by atoms with van der Waals surface area (Å²) >= 11 is 0. The number of nitrogens with zero attached hydrogens (tertiary/aromatic N) is 3. The highest BCUT2D eigenvalue weighted by molar-refractivity contribution is 7.89. The molecule has 0 aromatic heterocycles. The lowest BCUT2D eigenvalue weighted by atomic mass is 9.96. The van der Waals surface area contributed by atoms with E-state index in [-0.39, 0.29) is 16.8 Å². The van der Waals surface area contributed by atoms with Crippen LogP contribution in [0.3, 0.4) is 0 Å². The lowest BCUT2D eigenvalue weighted by molar-refractivity contribution is 0.0597. The van der Waals surface area contributed by atoms with E-state index in [1.807, 2.05) is 17.0 Å². The molecule has 1 amide bonds. The third-order valence-electron chi connectivity index (χ3n) is 7.68. The van der Waals surface area contributed by atoms with Gasteiger partial charge in [0.05, 0.1) is 10.9 Å². The maximum atomic E-state index is 13.3. The van der Waals surface area contributed by atoms with Gasteiger partial charge in [-0.3, -0.25) is 9.69 Å². The Morgan fingerprint density at radius 1 is 0.730 bits per heavy atom. The maximum Gasteiger partial charge on any atom is 0.253 e. The minimum atomic E-state index is -3.52. The maximum absolute atomic E-state index is 13.3. The van der Waals surface area contributed by atoms with Crippen LogP contribution in [-0.2, 0) is 10.0 Å². The summed E-state index contributed by atoms with van der Waals surface area (Å²) in [7, 11) is -3.52. The standard InChI is InChI=1S/C30H35N3O3S/c1-24-16-18-33(19-17-24)37(35,36)28-14-12-27(13-15-28)30(34)32-22-20-31(21-23-32)29(25-8-4-2-5-9-25)26-10-6-3-7-11-26/h2-15,24,29H,16-23H2,1H3. The summed E-state index contributed by atoms with van der Waals surface area (Å²) in [6.45, 7) is 6.05. The molecule has 2 aliphatic rings. The lowest BCUT2D eigenvalue weighted by Gasteiger charge is -2.39. The Bertz CT molecular complexity index is 1240. The molecular formula is C30H35N3O3S. The van der Waals surface area contributed by atoms with E-state index in [1.54, 1.807) is 28.6 Å². The van der Waals surface area contributed by atoms with Crippen LogP contribution in [-0.4, -0.2) is 67.7 Å². The Morgan fingerprint density at radius 2 is 1.24 bits per heavy atom. The third kappa shape index (κ3) is 5.64. The summed E-state index contributed by atoms with van der Waals surface area (Å²) in [5.74, 6) is 0.508. The number of amides is 1. The highest BCUT2D eigenvalue weighted by atomic mass is 32.2. The largest absolute Gasteiger partial charge is 0.336 e. The van der Waals surface area contributed by atoms with E-state index in [4.69, 9.17) is 0 Å². The van der Waals surface area contributed by atoms with Crippen LogP contribution in [0.15, 0.2) is 89.8 Å². The van der Waals surface area contributed by atoms with E-state index in [0.29, 0.717) is 37.7 Å². The molecule has 0 N–H and O–H groups in total. The number of piperazine rings is 1. The monoisotopic (exact) mass is 517 g/mol. The Hall–Kier alpha value is -3.00. The van der Waals surface area contributed by atoms with Gasteiger partial charge in [-0.2, -0.15) is 4.31 Å². The summed E-state index contributed by atoms with van der Waals surface area (Å²) < 4.78 is 27.6. The van der Waals surface area contributed by atoms with Gasteiger partial charge >= 0.3 is 0 Å². The van der Waals surface area contributed by atoms with Crippen molar-refractivity contribution in [2.45, 2.75) is 30.7 Å². The predicted molar refractivity (Wildman–Crippen MR) is 146 cm³/mol. The normalized spacial score (nSPS) is 18.3. The number of piperidine rings is 1. The Labute approximate surface area is 220 Å². The summed E-state index contributed by atoms with van der Waals surface area (Å²) in [6, 6.07) is 27.6. The van der Waals surface area contributed by atoms with Gasteiger partial charge in [0.25, 0.3) is 5.91 Å². The molecule has 0 saturated carbocycles. The van der Waals surface area contributed by atoms with E-state index >= 15 is 0 Å². The van der Waals surface area contributed by atoms with Gasteiger partial charge in [0, 0.05) is 44.8 Å². The number of carbonyl (C=O) groups excluding carboxylic acids is 1. The summed E-state index contributed by atoms with van der Waals surface area (Å²) in [5, 5.41) is 0. The molecule has 0 unspecified atom stereocenters. The fourth-order valence-electron chi connectivity index (χ4n) is 5.39. The molecule has 2 saturated heterocycles. The smallest absolute Gasteiger partial charge is 0.253 e. The van der Waals surface area contributed by atoms with Gasteiger partial charge in [-0.05, 0) is 54.2 Å². The number of hydrogen-bond donors (Lipinski definition) is 0. The molecule has 0 spiro atoms. The first-order valence-corrected chi connectivity index (χ1v) is 14.6. The molecule has 3 aromatic rings. The molecule has 0 atom stereocenters. The molecule has 0 aliphatic carbocycles. The van der Waals surface area contributed by atoms with Crippen molar-refractivity contribution in [2.24, 2.45) is 5.92 Å². The number of carbonyl (C=O) groups is 1. The highest BCUT2D eigenvalue weighted by Gasteiger charge is 2.30. The molecule has 2 fully saturated rings. The number of sulfonamides is 1. The first-order chi connectivity index (χ1) is 17.9. The number of hydrogen-bond acceptors (Lipinski definition) is 4. The van der Waals surface area contributed by atoms with E-state index in [9.17, 15) is 13.2 Å². The number of rotatable bonds is 6. The zero-order valence-corrected chi connectivity index (χ0v) is 22.2. The third-order valence-corrected chi connectivity index (χ3v) is 9.59. The Kier molecular flexibility index (Phi) is 7.74. The van der Waals surface area contributed by atoms with Crippen molar-refractivity contribution < 1.29 is 13.2 Å². The molecule has 194 valence electrons. The van der Waals surface area contributed by atoms with Gasteiger partial charge < -0.3 is 4.90 Å². The van der Waals surface area contributed by atoms with Crippen LogP contribution in [0.1, 0.15) is 47.3 Å². The highest BCUT2D eigenvalue weighted by Crippen LogP contribution is 2.30. The summed E-state index contributed by atoms with van der Waals surface area (Å²) in [6.07, 6.45) is 1.77. The molecular weight excluding hydrogens is 482 g/mol. The van der Waals surface area contributed by atoms with Gasteiger partial charge in [0.2, 0.25) is 10.0 Å². The van der Waals surface area contributed by atoms with E-state index in [2.05, 4.69) is 60.4 Å². The second-order valence-corrected chi connectivity index (χ2v) is 12.1. The Morgan fingerprint density at radius 3 is 1.76 bits per heavy atom. The molecule has 0 radical (unpaired) electrons. The van der Waals surface area contributed by atoms with Gasteiger partial charge in [-0.15, -0.1) is 0 Å². The topological polar surface area (TPSA) is 60.9 Å². The van der Waals surface area contributed by atoms with Crippen LogP contribution < -0.4 is 0 Å². The minimum absolute atomic E-state index is 0.0497. The van der Waals surface area contributed by atoms with Crippen LogP contribution >= 0.6 is 0 Å². The fourth-order valence-corrected chi connectivity index (χ4v) is 6.86. The second-order valence-electron chi connectivity index (χ2n) is 10.2. The first-order valence-electron chi connectivity index (χ1n) is 13.2. The Balaban J connectivity index is 1.25. The molecule has 3 aromatic carbocycles. The van der Waals surface area contributed by atoms with Crippen LogP contribution in [0.5, 0.6) is 0 Å². The average Bonchev–Trinajstić information content (AvgIpc) is 2.95. The molecule has 6 nitrogen and oxygen atoms in total.